The molecule has 0 fully saturated rings. The van der Waals surface area contributed by atoms with Crippen LogP contribution in [0.15, 0.2) is 0 Å². The maximum atomic E-state index is 10.6. The molecule has 2 nitrogen and oxygen atoms in total. The van der Waals surface area contributed by atoms with Crippen LogP contribution in [0.3, 0.4) is 0 Å². The Balaban J connectivity index is 0. The van der Waals surface area contributed by atoms with Crippen molar-refractivity contribution >= 4 is 40.2 Å². The largest absolute Gasteiger partial charge is 0.481 e. The van der Waals surface area contributed by atoms with Crippen LogP contribution in [0.1, 0.15) is 20.8 Å². The van der Waals surface area contributed by atoms with Crippen LogP contribution in [0.5, 0.6) is 0 Å². The molecule has 0 aliphatic heterocycles. The Kier molecular flexibility index (Phi) is 4.76. The van der Waals surface area contributed by atoms with Gasteiger partial charge < -0.3 is 5.11 Å². The van der Waals surface area contributed by atoms with Crippen molar-refractivity contribution < 1.29 is 9.90 Å². The predicted molar refractivity (Wildman–Crippen MR) is 53.1 cm³/mol. The van der Waals surface area contributed by atoms with Crippen LogP contribution in [0.25, 0.3) is 0 Å². The van der Waals surface area contributed by atoms with E-state index in [-0.39, 0.29) is 12.4 Å². The smallest absolute Gasteiger partial charge is 0.307 e. The molecule has 0 aromatic heterocycles. The lowest BCUT2D eigenvalue weighted by Crippen LogP contribution is -2.37. The van der Waals surface area contributed by atoms with Crippen LogP contribution in [-0.4, -0.2) is 26.2 Å². The SMILES string of the molecule is CC(C)(Cl)C(C)([SiH3])C(=O)O.Cl. The third-order valence-electron chi connectivity index (χ3n) is 2.02. The lowest BCUT2D eigenvalue weighted by atomic mass is 9.96. The Morgan fingerprint density at radius 1 is 1.45 bits per heavy atom. The van der Waals surface area contributed by atoms with Crippen LogP contribution in [-0.2, 0) is 4.79 Å². The molecule has 68 valence electrons. The molecule has 1 atom stereocenters. The first-order chi connectivity index (χ1) is 4.19. The van der Waals surface area contributed by atoms with Crippen molar-refractivity contribution in [3.63, 3.8) is 0 Å². The quantitative estimate of drug-likeness (QED) is 0.554. The molecule has 0 radical (unpaired) electrons. The van der Waals surface area contributed by atoms with E-state index in [0.717, 1.165) is 0 Å². The number of alkyl halides is 1. The lowest BCUT2D eigenvalue weighted by molar-refractivity contribution is -0.140. The second-order valence-electron chi connectivity index (χ2n) is 3.40. The average molecular weight is 217 g/mol. The fraction of sp³-hybridized carbons (Fsp3) is 0.833. The van der Waals surface area contributed by atoms with Crippen molar-refractivity contribution in [1.29, 1.82) is 0 Å². The number of aliphatic carboxylic acids is 1. The summed E-state index contributed by atoms with van der Waals surface area (Å²) in [5.41, 5.74) is 0. The number of carboxylic acid groups (broad SMARTS) is 1. The molecule has 1 N–H and O–H groups in total. The van der Waals surface area contributed by atoms with Gasteiger partial charge >= 0.3 is 5.97 Å². The van der Waals surface area contributed by atoms with E-state index < -0.39 is 15.9 Å². The molecule has 0 heterocycles. The minimum atomic E-state index is -0.806. The summed E-state index contributed by atoms with van der Waals surface area (Å²) in [6.07, 6.45) is 0. The van der Waals surface area contributed by atoms with E-state index in [1.807, 2.05) is 0 Å². The fourth-order valence-electron chi connectivity index (χ4n) is 0.254. The van der Waals surface area contributed by atoms with Gasteiger partial charge in [0, 0.05) is 10.2 Å². The zero-order chi connectivity index (χ0) is 8.58. The van der Waals surface area contributed by atoms with Gasteiger partial charge in [0.05, 0.1) is 9.91 Å². The molecule has 0 aliphatic carbocycles. The van der Waals surface area contributed by atoms with Crippen molar-refractivity contribution in [2.75, 3.05) is 0 Å². The molecule has 0 aromatic carbocycles. The lowest BCUT2D eigenvalue weighted by Gasteiger charge is -2.31. The molecular weight excluding hydrogens is 203 g/mol. The summed E-state index contributed by atoms with van der Waals surface area (Å²) in [5, 5.41) is 7.99. The van der Waals surface area contributed by atoms with Gasteiger partial charge in [0.25, 0.3) is 0 Å². The number of carbonyl (C=O) groups is 1. The topological polar surface area (TPSA) is 37.3 Å². The summed E-state index contributed by atoms with van der Waals surface area (Å²) in [7, 11) is 0.560. The van der Waals surface area contributed by atoms with Crippen LogP contribution in [0.2, 0.25) is 5.04 Å². The average Bonchev–Trinajstić information content (AvgIpc) is 1.62. The highest BCUT2D eigenvalue weighted by Crippen LogP contribution is 2.40. The predicted octanol–water partition coefficient (Wildman–Crippen LogP) is 1.05. The van der Waals surface area contributed by atoms with Gasteiger partial charge in [-0.1, -0.05) is 6.92 Å². The Bertz CT molecular complexity index is 151. The van der Waals surface area contributed by atoms with Crippen LogP contribution < -0.4 is 0 Å². The van der Waals surface area contributed by atoms with Gasteiger partial charge in [0.1, 0.15) is 0 Å². The van der Waals surface area contributed by atoms with E-state index in [0.29, 0.717) is 10.2 Å². The highest BCUT2D eigenvalue weighted by Gasteiger charge is 2.41. The Hall–Kier alpha value is 0.267. The van der Waals surface area contributed by atoms with Crippen molar-refractivity contribution in [2.24, 2.45) is 0 Å². The highest BCUT2D eigenvalue weighted by atomic mass is 35.5. The molecule has 0 spiro atoms. The molecule has 5 heteroatoms. The summed E-state index contributed by atoms with van der Waals surface area (Å²) in [6.45, 7) is 5.14. The third-order valence-corrected chi connectivity index (χ3v) is 4.49. The molecule has 0 bridgehead atoms. The maximum absolute atomic E-state index is 10.6. The van der Waals surface area contributed by atoms with Gasteiger partial charge in [-0.15, -0.1) is 24.0 Å². The van der Waals surface area contributed by atoms with E-state index >= 15 is 0 Å². The van der Waals surface area contributed by atoms with Crippen molar-refractivity contribution in [3.8, 4) is 0 Å². The summed E-state index contributed by atoms with van der Waals surface area (Å²) in [5.74, 6) is -0.806. The molecule has 11 heavy (non-hydrogen) atoms. The van der Waals surface area contributed by atoms with Gasteiger partial charge in [-0.2, -0.15) is 0 Å². The standard InChI is InChI=1S/C6H13ClO2Si.ClH/c1-5(2,7)6(3,10)4(8)9;/h1-3,10H3,(H,8,9);1H. The van der Waals surface area contributed by atoms with E-state index in [9.17, 15) is 4.79 Å². The monoisotopic (exact) mass is 216 g/mol. The molecule has 0 aromatic rings. The van der Waals surface area contributed by atoms with Gasteiger partial charge in [-0.25, -0.2) is 0 Å². The minimum absolute atomic E-state index is 0. The third kappa shape index (κ3) is 3.01. The summed E-state index contributed by atoms with van der Waals surface area (Å²) < 4.78 is 0. The number of hydrogen-bond donors (Lipinski definition) is 1. The number of rotatable bonds is 2. The Morgan fingerprint density at radius 3 is 1.73 bits per heavy atom. The highest BCUT2D eigenvalue weighted by molar-refractivity contribution is 6.37. The Labute approximate surface area is 81.1 Å². The van der Waals surface area contributed by atoms with Gasteiger partial charge in [-0.05, 0) is 13.8 Å². The number of carboxylic acids is 1. The molecule has 0 amide bonds. The molecule has 1 unspecified atom stereocenters. The van der Waals surface area contributed by atoms with Gasteiger partial charge in [0.15, 0.2) is 0 Å². The zero-order valence-corrected chi connectivity index (χ0v) is 10.7. The first-order valence-electron chi connectivity index (χ1n) is 3.12. The first-order valence-corrected chi connectivity index (χ1v) is 4.49. The summed E-state index contributed by atoms with van der Waals surface area (Å²) >= 11 is 5.87. The molecule has 0 saturated heterocycles. The maximum Gasteiger partial charge on any atom is 0.307 e. The van der Waals surface area contributed by atoms with E-state index in [4.69, 9.17) is 16.7 Å². The summed E-state index contributed by atoms with van der Waals surface area (Å²) in [6, 6.07) is 0. The normalized spacial score (nSPS) is 16.7. The van der Waals surface area contributed by atoms with E-state index in [1.165, 1.54) is 0 Å². The number of halogens is 2. The molecule has 0 rings (SSSR count). The van der Waals surface area contributed by atoms with Crippen molar-refractivity contribution in [2.45, 2.75) is 30.7 Å². The fourth-order valence-corrected chi connectivity index (χ4v) is 0.335. The van der Waals surface area contributed by atoms with Crippen LogP contribution in [0.4, 0.5) is 0 Å². The molecular formula is C6H14Cl2O2Si. The van der Waals surface area contributed by atoms with Gasteiger partial charge in [0.2, 0.25) is 0 Å². The van der Waals surface area contributed by atoms with Crippen LogP contribution >= 0.6 is 24.0 Å². The second kappa shape index (κ2) is 3.78. The summed E-state index contributed by atoms with van der Waals surface area (Å²) in [4.78, 5) is 9.97. The van der Waals surface area contributed by atoms with E-state index in [2.05, 4.69) is 0 Å². The molecule has 0 aliphatic rings. The second-order valence-corrected chi connectivity index (χ2v) is 6.35. The zero-order valence-electron chi connectivity index (χ0n) is 7.14. The first kappa shape index (κ1) is 13.8. The van der Waals surface area contributed by atoms with Crippen LogP contribution in [0, 0.1) is 0 Å². The minimum Gasteiger partial charge on any atom is -0.481 e. The van der Waals surface area contributed by atoms with Gasteiger partial charge in [-0.3, -0.25) is 4.79 Å². The van der Waals surface area contributed by atoms with Crippen molar-refractivity contribution in [3.05, 3.63) is 0 Å². The number of hydrogen-bond acceptors (Lipinski definition) is 1. The van der Waals surface area contributed by atoms with E-state index in [1.54, 1.807) is 20.8 Å². The molecule has 0 saturated carbocycles. The van der Waals surface area contributed by atoms with Crippen molar-refractivity contribution in [1.82, 2.24) is 0 Å². The Morgan fingerprint density at radius 2 is 1.73 bits per heavy atom.